The van der Waals surface area contributed by atoms with Crippen LogP contribution in [0.3, 0.4) is 0 Å². The van der Waals surface area contributed by atoms with Gasteiger partial charge in [0.2, 0.25) is 0 Å². The van der Waals surface area contributed by atoms with Crippen molar-refractivity contribution in [3.8, 4) is 0 Å². The smallest absolute Gasteiger partial charge is 0.308 e. The second-order valence-corrected chi connectivity index (χ2v) is 4.91. The second kappa shape index (κ2) is 12.6. The summed E-state index contributed by atoms with van der Waals surface area (Å²) in [5, 5.41) is 0. The highest BCUT2D eigenvalue weighted by molar-refractivity contribution is 5.72. The molecule has 1 aromatic heterocycles. The van der Waals surface area contributed by atoms with E-state index in [0.29, 0.717) is 0 Å². The fourth-order valence-corrected chi connectivity index (χ4v) is 2.09. The maximum Gasteiger partial charge on any atom is 0.308 e. The minimum Gasteiger partial charge on any atom is -0.469 e. The molecule has 0 radical (unpaired) electrons. The molecule has 3 heteroatoms. The molecule has 0 fully saturated rings. The summed E-state index contributed by atoms with van der Waals surface area (Å²) in [6, 6.07) is 6.14. The number of aryl methyl sites for hydroxylation is 1. The van der Waals surface area contributed by atoms with Crippen molar-refractivity contribution in [1.29, 1.82) is 0 Å². The third-order valence-electron chi connectivity index (χ3n) is 3.07. The van der Waals surface area contributed by atoms with Crippen molar-refractivity contribution >= 4 is 5.97 Å². The Hall–Kier alpha value is -1.38. The van der Waals surface area contributed by atoms with Gasteiger partial charge in [-0.3, -0.25) is 4.79 Å². The maximum absolute atomic E-state index is 11.1. The zero-order chi connectivity index (χ0) is 15.2. The Morgan fingerprint density at radius 1 is 1.00 bits per heavy atom. The number of esters is 1. The van der Waals surface area contributed by atoms with Crippen molar-refractivity contribution in [3.63, 3.8) is 0 Å². The monoisotopic (exact) mass is 280 g/mol. The van der Waals surface area contributed by atoms with Crippen LogP contribution >= 0.6 is 0 Å². The van der Waals surface area contributed by atoms with E-state index >= 15 is 0 Å². The van der Waals surface area contributed by atoms with Crippen molar-refractivity contribution in [3.05, 3.63) is 30.6 Å². The van der Waals surface area contributed by atoms with Gasteiger partial charge in [-0.05, 0) is 12.8 Å². The SMILES string of the molecule is CCCC(CCC)C(=O)OC.CCC[n+]1ccccc1. The molecule has 0 N–H and O–H groups in total. The first-order valence-corrected chi connectivity index (χ1v) is 7.71. The number of carbonyl (C=O) groups is 1. The Bertz CT molecular complexity index is 332. The molecule has 0 bridgehead atoms. The molecule has 1 rings (SSSR count). The third kappa shape index (κ3) is 8.68. The number of carbonyl (C=O) groups excluding carboxylic acids is 1. The highest BCUT2D eigenvalue weighted by Gasteiger charge is 2.16. The molecule has 0 spiro atoms. The molecule has 0 aliphatic carbocycles. The molecule has 0 unspecified atom stereocenters. The highest BCUT2D eigenvalue weighted by atomic mass is 16.5. The van der Waals surface area contributed by atoms with E-state index in [4.69, 9.17) is 0 Å². The predicted octanol–water partition coefficient (Wildman–Crippen LogP) is 3.76. The average Bonchev–Trinajstić information content (AvgIpc) is 2.48. The zero-order valence-corrected chi connectivity index (χ0v) is 13.5. The normalized spacial score (nSPS) is 9.85. The van der Waals surface area contributed by atoms with Gasteiger partial charge in [-0.2, -0.15) is 0 Å². The molecule has 0 saturated heterocycles. The van der Waals surface area contributed by atoms with Gasteiger partial charge in [0, 0.05) is 18.6 Å². The van der Waals surface area contributed by atoms with Crippen molar-refractivity contribution < 1.29 is 14.1 Å². The Kier molecular flexibility index (Phi) is 11.8. The Morgan fingerprint density at radius 2 is 1.55 bits per heavy atom. The topological polar surface area (TPSA) is 30.2 Å². The van der Waals surface area contributed by atoms with Gasteiger partial charge in [-0.1, -0.05) is 39.7 Å². The van der Waals surface area contributed by atoms with E-state index in [2.05, 4.69) is 54.6 Å². The minimum absolute atomic E-state index is 0.0475. The highest BCUT2D eigenvalue weighted by Crippen LogP contribution is 2.14. The van der Waals surface area contributed by atoms with E-state index in [1.807, 2.05) is 6.07 Å². The van der Waals surface area contributed by atoms with Crippen LogP contribution in [0.15, 0.2) is 30.6 Å². The Morgan fingerprint density at radius 3 is 1.95 bits per heavy atom. The molecule has 0 atom stereocenters. The molecule has 3 nitrogen and oxygen atoms in total. The van der Waals surface area contributed by atoms with Gasteiger partial charge in [0.15, 0.2) is 12.4 Å². The van der Waals surface area contributed by atoms with Crippen LogP contribution in [-0.4, -0.2) is 13.1 Å². The molecule has 0 amide bonds. The Labute approximate surface area is 124 Å². The number of ether oxygens (including phenoxy) is 1. The summed E-state index contributed by atoms with van der Waals surface area (Å²) in [4.78, 5) is 11.1. The van der Waals surface area contributed by atoms with Crippen molar-refractivity contribution in [2.45, 2.75) is 59.4 Å². The number of methoxy groups -OCH3 is 1. The Balaban J connectivity index is 0.000000367. The molecular weight excluding hydrogens is 250 g/mol. The molecule has 20 heavy (non-hydrogen) atoms. The van der Waals surface area contributed by atoms with Gasteiger partial charge in [0.05, 0.1) is 13.0 Å². The predicted molar refractivity (Wildman–Crippen MR) is 82.3 cm³/mol. The number of pyridine rings is 1. The van der Waals surface area contributed by atoms with E-state index in [0.717, 1.165) is 32.2 Å². The van der Waals surface area contributed by atoms with Crippen LogP contribution in [0.25, 0.3) is 0 Å². The lowest BCUT2D eigenvalue weighted by molar-refractivity contribution is -0.697. The summed E-state index contributed by atoms with van der Waals surface area (Å²) in [5.41, 5.74) is 0. The molecule has 1 heterocycles. The largest absolute Gasteiger partial charge is 0.469 e. The fraction of sp³-hybridized carbons (Fsp3) is 0.647. The maximum atomic E-state index is 11.1. The number of rotatable bonds is 7. The fourth-order valence-electron chi connectivity index (χ4n) is 2.09. The first kappa shape index (κ1) is 18.6. The second-order valence-electron chi connectivity index (χ2n) is 4.91. The van der Waals surface area contributed by atoms with Gasteiger partial charge in [-0.25, -0.2) is 4.57 Å². The summed E-state index contributed by atoms with van der Waals surface area (Å²) < 4.78 is 6.86. The number of hydrogen-bond donors (Lipinski definition) is 0. The molecule has 0 aliphatic heterocycles. The van der Waals surface area contributed by atoms with Gasteiger partial charge in [0.25, 0.3) is 0 Å². The van der Waals surface area contributed by atoms with Gasteiger partial charge in [-0.15, -0.1) is 0 Å². The van der Waals surface area contributed by atoms with Crippen molar-refractivity contribution in [2.75, 3.05) is 7.11 Å². The molecular formula is C17H30NO2+. The first-order valence-electron chi connectivity index (χ1n) is 7.71. The lowest BCUT2D eigenvalue weighted by atomic mass is 9.99. The van der Waals surface area contributed by atoms with Crippen LogP contribution in [-0.2, 0) is 16.1 Å². The quantitative estimate of drug-likeness (QED) is 0.562. The average molecular weight is 280 g/mol. The molecule has 0 saturated carbocycles. The number of nitrogens with zero attached hydrogens (tertiary/aromatic N) is 1. The van der Waals surface area contributed by atoms with Gasteiger partial charge in [0.1, 0.15) is 6.54 Å². The van der Waals surface area contributed by atoms with Gasteiger partial charge < -0.3 is 4.74 Å². The van der Waals surface area contributed by atoms with E-state index < -0.39 is 0 Å². The van der Waals surface area contributed by atoms with E-state index in [9.17, 15) is 4.79 Å². The van der Waals surface area contributed by atoms with Crippen LogP contribution in [0.2, 0.25) is 0 Å². The van der Waals surface area contributed by atoms with Crippen LogP contribution in [0, 0.1) is 5.92 Å². The third-order valence-corrected chi connectivity index (χ3v) is 3.07. The summed E-state index contributed by atoms with van der Waals surface area (Å²) >= 11 is 0. The van der Waals surface area contributed by atoms with Crippen molar-refractivity contribution in [2.24, 2.45) is 5.92 Å². The lowest BCUT2D eigenvalue weighted by Gasteiger charge is -2.11. The number of hydrogen-bond acceptors (Lipinski definition) is 2. The van der Waals surface area contributed by atoms with Crippen LogP contribution in [0.4, 0.5) is 0 Å². The summed E-state index contributed by atoms with van der Waals surface area (Å²) in [6.07, 6.45) is 9.40. The minimum atomic E-state index is -0.0475. The van der Waals surface area contributed by atoms with Crippen LogP contribution in [0.1, 0.15) is 52.9 Å². The van der Waals surface area contributed by atoms with Crippen molar-refractivity contribution in [1.82, 2.24) is 0 Å². The molecule has 1 aromatic rings. The standard InChI is InChI=1S/C9H18O2.C8H12N/c1-4-6-8(7-5-2)9(10)11-3;1-2-6-9-7-4-3-5-8-9/h8H,4-7H2,1-3H3;3-5,7-8H,2,6H2,1H3/q;+1. The van der Waals surface area contributed by atoms with Crippen LogP contribution < -0.4 is 4.57 Å². The number of aromatic nitrogens is 1. The molecule has 114 valence electrons. The van der Waals surface area contributed by atoms with E-state index in [-0.39, 0.29) is 11.9 Å². The molecule has 0 aromatic carbocycles. The lowest BCUT2D eigenvalue weighted by Crippen LogP contribution is -2.31. The summed E-state index contributed by atoms with van der Waals surface area (Å²) in [6.45, 7) is 7.48. The first-order chi connectivity index (χ1) is 9.69. The van der Waals surface area contributed by atoms with Crippen LogP contribution in [0.5, 0.6) is 0 Å². The zero-order valence-electron chi connectivity index (χ0n) is 13.5. The molecule has 0 aliphatic rings. The van der Waals surface area contributed by atoms with Gasteiger partial charge >= 0.3 is 5.97 Å². The van der Waals surface area contributed by atoms with E-state index in [1.54, 1.807) is 0 Å². The van der Waals surface area contributed by atoms with E-state index in [1.165, 1.54) is 13.5 Å². The summed E-state index contributed by atoms with van der Waals surface area (Å²) in [5.74, 6) is 0.0868. The summed E-state index contributed by atoms with van der Waals surface area (Å²) in [7, 11) is 1.46.